The Bertz CT molecular complexity index is 566. The van der Waals surface area contributed by atoms with Gasteiger partial charge in [-0.3, -0.25) is 4.79 Å². The molecule has 5 heteroatoms. The average molecular weight is 341 g/mol. The van der Waals surface area contributed by atoms with Gasteiger partial charge >= 0.3 is 0 Å². The Balaban J connectivity index is 2.19. The largest absolute Gasteiger partial charge is 0.490 e. The third-order valence-corrected chi connectivity index (χ3v) is 4.02. The van der Waals surface area contributed by atoms with Gasteiger partial charge in [-0.15, -0.1) is 11.3 Å². The first-order valence-electron chi connectivity index (χ1n) is 5.82. The number of halogens is 1. The molecule has 100 valence electrons. The maximum Gasteiger partial charge on any atom is 0.172 e. The predicted octanol–water partition coefficient (Wildman–Crippen LogP) is 4.30. The number of carbonyl (C=O) groups is 1. The Kier molecular flexibility index (Phi) is 4.99. The van der Waals surface area contributed by atoms with Gasteiger partial charge in [-0.25, -0.2) is 0 Å². The monoisotopic (exact) mass is 340 g/mol. The van der Waals surface area contributed by atoms with Crippen LogP contribution >= 0.6 is 27.3 Å². The third-order valence-electron chi connectivity index (χ3n) is 2.42. The molecule has 0 amide bonds. The van der Waals surface area contributed by atoms with Crippen LogP contribution in [0.5, 0.6) is 11.5 Å². The highest BCUT2D eigenvalue weighted by Crippen LogP contribution is 2.32. The molecule has 1 heterocycles. The summed E-state index contributed by atoms with van der Waals surface area (Å²) in [5.74, 6) is 1.10. The van der Waals surface area contributed by atoms with E-state index in [1.165, 1.54) is 0 Å². The Morgan fingerprint density at radius 1 is 1.26 bits per heavy atom. The molecule has 1 aromatic carbocycles. The molecular formula is C14H13BrO3S. The van der Waals surface area contributed by atoms with Crippen LogP contribution in [0.15, 0.2) is 34.1 Å². The molecule has 3 nitrogen and oxygen atoms in total. The molecule has 0 saturated heterocycles. The van der Waals surface area contributed by atoms with Crippen LogP contribution in [0.4, 0.5) is 0 Å². The fourth-order valence-corrected chi connectivity index (χ4v) is 3.02. The second kappa shape index (κ2) is 6.73. The van der Waals surface area contributed by atoms with Crippen molar-refractivity contribution in [1.29, 1.82) is 0 Å². The Labute approximate surface area is 124 Å². The smallest absolute Gasteiger partial charge is 0.172 e. The lowest BCUT2D eigenvalue weighted by atomic mass is 10.2. The van der Waals surface area contributed by atoms with Crippen molar-refractivity contribution in [3.8, 4) is 11.5 Å². The minimum atomic E-state index is 0.418. The van der Waals surface area contributed by atoms with E-state index in [9.17, 15) is 4.79 Å². The molecule has 0 aliphatic heterocycles. The highest BCUT2D eigenvalue weighted by molar-refractivity contribution is 9.11. The van der Waals surface area contributed by atoms with Crippen LogP contribution in [0.3, 0.4) is 0 Å². The summed E-state index contributed by atoms with van der Waals surface area (Å²) in [6.07, 6.45) is 0.780. The molecule has 0 radical (unpaired) electrons. The molecular weight excluding hydrogens is 328 g/mol. The highest BCUT2D eigenvalue weighted by atomic mass is 79.9. The number of rotatable bonds is 6. The van der Waals surface area contributed by atoms with E-state index >= 15 is 0 Å². The van der Waals surface area contributed by atoms with Crippen molar-refractivity contribution in [2.45, 2.75) is 13.5 Å². The van der Waals surface area contributed by atoms with E-state index in [4.69, 9.17) is 9.47 Å². The van der Waals surface area contributed by atoms with Gasteiger partial charge in [0.05, 0.1) is 16.0 Å². The molecule has 19 heavy (non-hydrogen) atoms. The number of hydrogen-bond acceptors (Lipinski definition) is 4. The first-order valence-corrected chi connectivity index (χ1v) is 7.43. The summed E-state index contributed by atoms with van der Waals surface area (Å²) in [4.78, 5) is 12.1. The minimum Gasteiger partial charge on any atom is -0.490 e. The van der Waals surface area contributed by atoms with E-state index in [2.05, 4.69) is 15.9 Å². The summed E-state index contributed by atoms with van der Waals surface area (Å²) in [5, 5.41) is 0. The molecule has 0 bridgehead atoms. The molecule has 0 aliphatic rings. The second-order valence-electron chi connectivity index (χ2n) is 3.72. The number of hydrogen-bond donors (Lipinski definition) is 0. The summed E-state index contributed by atoms with van der Waals surface area (Å²) in [7, 11) is 0. The third kappa shape index (κ3) is 3.58. The lowest BCUT2D eigenvalue weighted by Crippen LogP contribution is -2.01. The van der Waals surface area contributed by atoms with Gasteiger partial charge < -0.3 is 9.47 Å². The van der Waals surface area contributed by atoms with Crippen molar-refractivity contribution in [1.82, 2.24) is 0 Å². The quantitative estimate of drug-likeness (QED) is 0.735. The zero-order valence-corrected chi connectivity index (χ0v) is 12.8. The Morgan fingerprint density at radius 3 is 2.74 bits per heavy atom. The van der Waals surface area contributed by atoms with Gasteiger partial charge in [0.15, 0.2) is 17.8 Å². The standard InChI is InChI=1S/C14H13BrO3S/c1-2-17-12-5-3-4-10(8-16)14(12)18-9-11-6-7-13(15)19-11/h3-8H,2,9H2,1H3. The van der Waals surface area contributed by atoms with E-state index in [-0.39, 0.29) is 0 Å². The molecule has 0 unspecified atom stereocenters. The van der Waals surface area contributed by atoms with Gasteiger partial charge in [0.1, 0.15) is 6.61 Å². The summed E-state index contributed by atoms with van der Waals surface area (Å²) >= 11 is 5.01. The van der Waals surface area contributed by atoms with Crippen molar-refractivity contribution in [3.05, 3.63) is 44.6 Å². The van der Waals surface area contributed by atoms with Gasteiger partial charge in [-0.05, 0) is 47.1 Å². The second-order valence-corrected chi connectivity index (χ2v) is 6.27. The zero-order chi connectivity index (χ0) is 13.7. The summed E-state index contributed by atoms with van der Waals surface area (Å²) < 4.78 is 12.3. The van der Waals surface area contributed by atoms with Gasteiger partial charge in [-0.1, -0.05) is 6.07 Å². The number of para-hydroxylation sites is 1. The Morgan fingerprint density at radius 2 is 2.11 bits per heavy atom. The predicted molar refractivity (Wildman–Crippen MR) is 79.3 cm³/mol. The van der Waals surface area contributed by atoms with E-state index < -0.39 is 0 Å². The molecule has 2 rings (SSSR count). The van der Waals surface area contributed by atoms with Crippen LogP contribution in [-0.4, -0.2) is 12.9 Å². The van der Waals surface area contributed by atoms with Crippen LogP contribution in [-0.2, 0) is 6.61 Å². The minimum absolute atomic E-state index is 0.418. The molecule has 1 aromatic heterocycles. The van der Waals surface area contributed by atoms with Crippen LogP contribution in [0.25, 0.3) is 0 Å². The fraction of sp³-hybridized carbons (Fsp3) is 0.214. The van der Waals surface area contributed by atoms with Crippen LogP contribution < -0.4 is 9.47 Å². The van der Waals surface area contributed by atoms with Crippen molar-refractivity contribution in [2.75, 3.05) is 6.61 Å². The number of carbonyl (C=O) groups excluding carboxylic acids is 1. The normalized spacial score (nSPS) is 10.2. The lowest BCUT2D eigenvalue weighted by molar-refractivity contribution is 0.111. The SMILES string of the molecule is CCOc1cccc(C=O)c1OCc1ccc(Br)s1. The zero-order valence-electron chi connectivity index (χ0n) is 10.4. The first-order chi connectivity index (χ1) is 9.24. The van der Waals surface area contributed by atoms with Gasteiger partial charge in [0.25, 0.3) is 0 Å². The number of ether oxygens (including phenoxy) is 2. The molecule has 2 aromatic rings. The van der Waals surface area contributed by atoms with Crippen molar-refractivity contribution < 1.29 is 14.3 Å². The van der Waals surface area contributed by atoms with Crippen LogP contribution in [0, 0.1) is 0 Å². The summed E-state index contributed by atoms with van der Waals surface area (Å²) in [5.41, 5.74) is 0.501. The van der Waals surface area contributed by atoms with E-state index in [1.807, 2.05) is 19.1 Å². The maximum atomic E-state index is 11.1. The number of benzene rings is 1. The molecule has 0 saturated carbocycles. The van der Waals surface area contributed by atoms with Crippen molar-refractivity contribution in [2.24, 2.45) is 0 Å². The van der Waals surface area contributed by atoms with Gasteiger partial charge in [-0.2, -0.15) is 0 Å². The molecule has 0 N–H and O–H groups in total. The first kappa shape index (κ1) is 14.1. The Hall–Kier alpha value is -1.33. The van der Waals surface area contributed by atoms with E-state index in [0.29, 0.717) is 30.3 Å². The van der Waals surface area contributed by atoms with Gasteiger partial charge in [0.2, 0.25) is 0 Å². The molecule has 0 aliphatic carbocycles. The van der Waals surface area contributed by atoms with Gasteiger partial charge in [0, 0.05) is 4.88 Å². The number of thiophene rings is 1. The van der Waals surface area contributed by atoms with Crippen molar-refractivity contribution >= 4 is 33.6 Å². The fourth-order valence-electron chi connectivity index (χ4n) is 1.62. The van der Waals surface area contributed by atoms with E-state index in [0.717, 1.165) is 14.9 Å². The molecule has 0 fully saturated rings. The lowest BCUT2D eigenvalue weighted by Gasteiger charge is -2.12. The molecule has 0 atom stereocenters. The summed E-state index contributed by atoms with van der Waals surface area (Å²) in [6.45, 7) is 2.85. The van der Waals surface area contributed by atoms with Crippen LogP contribution in [0.1, 0.15) is 22.2 Å². The summed E-state index contributed by atoms with van der Waals surface area (Å²) in [6, 6.07) is 9.26. The molecule has 0 spiro atoms. The van der Waals surface area contributed by atoms with Crippen LogP contribution in [0.2, 0.25) is 0 Å². The topological polar surface area (TPSA) is 35.5 Å². The highest BCUT2D eigenvalue weighted by Gasteiger charge is 2.11. The maximum absolute atomic E-state index is 11.1. The number of aldehydes is 1. The van der Waals surface area contributed by atoms with E-state index in [1.54, 1.807) is 29.5 Å². The average Bonchev–Trinajstić information content (AvgIpc) is 2.83. The van der Waals surface area contributed by atoms with Crippen molar-refractivity contribution in [3.63, 3.8) is 0 Å².